The van der Waals surface area contributed by atoms with E-state index in [1.807, 2.05) is 67.8 Å². The second-order valence-electron chi connectivity index (χ2n) is 10.0. The van der Waals surface area contributed by atoms with Gasteiger partial charge in [-0.05, 0) is 79.9 Å². The summed E-state index contributed by atoms with van der Waals surface area (Å²) >= 11 is 1.25. The van der Waals surface area contributed by atoms with Crippen LogP contribution in [0.25, 0.3) is 5.69 Å². The number of benzene rings is 3. The van der Waals surface area contributed by atoms with Crippen LogP contribution < -0.4 is 10.6 Å². The lowest BCUT2D eigenvalue weighted by Crippen LogP contribution is -2.30. The van der Waals surface area contributed by atoms with E-state index < -0.39 is 10.0 Å². The zero-order valence-corrected chi connectivity index (χ0v) is 26.6. The lowest BCUT2D eigenvalue weighted by atomic mass is 10.1. The summed E-state index contributed by atoms with van der Waals surface area (Å²) in [4.78, 5) is 25.9. The maximum Gasteiger partial charge on any atom is 0.251 e. The molecule has 1 heterocycles. The van der Waals surface area contributed by atoms with Gasteiger partial charge in [0.2, 0.25) is 15.9 Å². The van der Waals surface area contributed by atoms with Crippen LogP contribution in [0.3, 0.4) is 0 Å². The van der Waals surface area contributed by atoms with Gasteiger partial charge >= 0.3 is 0 Å². The molecule has 4 rings (SSSR count). The molecule has 2 amide bonds. The first-order valence-electron chi connectivity index (χ1n) is 13.9. The first-order valence-corrected chi connectivity index (χ1v) is 16.4. The lowest BCUT2D eigenvalue weighted by molar-refractivity contribution is -0.113. The second-order valence-corrected chi connectivity index (χ2v) is 12.9. The number of rotatable bonds is 12. The van der Waals surface area contributed by atoms with Crippen molar-refractivity contribution in [1.29, 1.82) is 0 Å². The molecule has 0 radical (unpaired) electrons. The molecule has 0 atom stereocenters. The van der Waals surface area contributed by atoms with Gasteiger partial charge < -0.3 is 10.6 Å². The first-order chi connectivity index (χ1) is 20.5. The molecule has 43 heavy (non-hydrogen) atoms. The van der Waals surface area contributed by atoms with Crippen molar-refractivity contribution in [2.45, 2.75) is 51.2 Å². The van der Waals surface area contributed by atoms with Crippen LogP contribution >= 0.6 is 11.8 Å². The molecule has 10 nitrogen and oxygen atoms in total. The zero-order valence-electron chi connectivity index (χ0n) is 24.9. The van der Waals surface area contributed by atoms with Crippen molar-refractivity contribution in [3.63, 3.8) is 0 Å². The maximum absolute atomic E-state index is 13.0. The van der Waals surface area contributed by atoms with Crippen LogP contribution in [0.5, 0.6) is 0 Å². The number of anilines is 1. The third kappa shape index (κ3) is 7.70. The van der Waals surface area contributed by atoms with Crippen LogP contribution in [0.2, 0.25) is 0 Å². The Balaban J connectivity index is 1.49. The number of carbonyl (C=O) groups excluding carboxylic acids is 2. The molecule has 0 aliphatic carbocycles. The van der Waals surface area contributed by atoms with Crippen molar-refractivity contribution in [3.05, 3.63) is 94.8 Å². The van der Waals surface area contributed by atoms with E-state index in [1.54, 1.807) is 13.8 Å². The Bertz CT molecular complexity index is 1710. The minimum absolute atomic E-state index is 0.0640. The molecule has 226 valence electrons. The van der Waals surface area contributed by atoms with E-state index in [0.717, 1.165) is 28.1 Å². The molecular formula is C31H36N6O4S2. The quantitative estimate of drug-likeness (QED) is 0.216. The second kappa shape index (κ2) is 14.0. The van der Waals surface area contributed by atoms with Crippen molar-refractivity contribution >= 4 is 39.3 Å². The molecule has 0 fully saturated rings. The Morgan fingerprint density at radius 3 is 2.28 bits per heavy atom. The molecule has 0 saturated heterocycles. The summed E-state index contributed by atoms with van der Waals surface area (Å²) in [7, 11) is -3.62. The van der Waals surface area contributed by atoms with Gasteiger partial charge in [0.25, 0.3) is 5.91 Å². The number of hydrogen-bond donors (Lipinski definition) is 2. The number of nitrogens with one attached hydrogen (secondary N) is 2. The SMILES string of the molecule is CCN(CC)S(=O)(=O)c1ccc(C(=O)NCc2nnc(SCC(=O)Nc3cc(C)ccc3C)n2-c2cccc(C)c2)cc1. The molecule has 12 heteroatoms. The van der Waals surface area contributed by atoms with Gasteiger partial charge in [-0.15, -0.1) is 10.2 Å². The van der Waals surface area contributed by atoms with E-state index in [9.17, 15) is 18.0 Å². The lowest BCUT2D eigenvalue weighted by Gasteiger charge is -2.18. The van der Waals surface area contributed by atoms with Gasteiger partial charge in [0, 0.05) is 30.0 Å². The molecule has 0 aliphatic rings. The summed E-state index contributed by atoms with van der Waals surface area (Å²) in [5.74, 6) is 0.0514. The Labute approximate surface area is 257 Å². The fourth-order valence-electron chi connectivity index (χ4n) is 4.47. The fraction of sp³-hybridized carbons (Fsp3) is 0.290. The van der Waals surface area contributed by atoms with E-state index >= 15 is 0 Å². The Hall–Kier alpha value is -4.00. The number of hydrogen-bond acceptors (Lipinski definition) is 7. The average molecular weight is 621 g/mol. The van der Waals surface area contributed by atoms with Crippen molar-refractivity contribution in [1.82, 2.24) is 24.4 Å². The van der Waals surface area contributed by atoms with Gasteiger partial charge in [-0.1, -0.05) is 49.9 Å². The van der Waals surface area contributed by atoms with Crippen LogP contribution in [-0.2, 0) is 21.4 Å². The summed E-state index contributed by atoms with van der Waals surface area (Å²) in [5, 5.41) is 15.0. The van der Waals surface area contributed by atoms with Crippen LogP contribution in [-0.4, -0.2) is 58.1 Å². The maximum atomic E-state index is 13.0. The summed E-state index contributed by atoms with van der Waals surface area (Å²) < 4.78 is 28.7. The smallest absolute Gasteiger partial charge is 0.251 e. The summed E-state index contributed by atoms with van der Waals surface area (Å²) in [6.45, 7) is 10.2. The third-order valence-corrected chi connectivity index (χ3v) is 9.82. The third-order valence-electron chi connectivity index (χ3n) is 6.83. The van der Waals surface area contributed by atoms with E-state index in [4.69, 9.17) is 0 Å². The zero-order chi connectivity index (χ0) is 31.1. The summed E-state index contributed by atoms with van der Waals surface area (Å²) in [6, 6.07) is 19.6. The molecule has 3 aromatic carbocycles. The fourth-order valence-corrected chi connectivity index (χ4v) is 6.70. The summed E-state index contributed by atoms with van der Waals surface area (Å²) in [6.07, 6.45) is 0. The highest BCUT2D eigenvalue weighted by atomic mass is 32.2. The molecule has 0 aliphatic heterocycles. The summed E-state index contributed by atoms with van der Waals surface area (Å²) in [5.41, 5.74) is 4.96. The Morgan fingerprint density at radius 2 is 1.60 bits per heavy atom. The average Bonchev–Trinajstić information content (AvgIpc) is 3.40. The molecule has 0 saturated carbocycles. The van der Waals surface area contributed by atoms with Crippen LogP contribution in [0.4, 0.5) is 5.69 Å². The van der Waals surface area contributed by atoms with E-state index in [0.29, 0.717) is 29.6 Å². The number of amides is 2. The molecule has 4 aromatic rings. The van der Waals surface area contributed by atoms with E-state index in [2.05, 4.69) is 20.8 Å². The van der Waals surface area contributed by atoms with E-state index in [1.165, 1.54) is 40.3 Å². The van der Waals surface area contributed by atoms with Gasteiger partial charge in [-0.3, -0.25) is 14.2 Å². The highest BCUT2D eigenvalue weighted by Gasteiger charge is 2.22. The standard InChI is InChI=1S/C31H36N6O4S2/c1-6-36(7-2)43(40,41)26-15-13-24(14-16-26)30(39)32-19-28-34-35-31(37(28)25-10-8-9-21(3)17-25)42-20-29(38)33-27-18-22(4)11-12-23(27)5/h8-18H,6-7,19-20H2,1-5H3,(H,32,39)(H,33,38). The molecule has 2 N–H and O–H groups in total. The van der Waals surface area contributed by atoms with Crippen molar-refractivity contribution in [2.24, 2.45) is 0 Å². The monoisotopic (exact) mass is 620 g/mol. The highest BCUT2D eigenvalue weighted by Crippen LogP contribution is 2.24. The highest BCUT2D eigenvalue weighted by molar-refractivity contribution is 7.99. The molecule has 0 unspecified atom stereocenters. The van der Waals surface area contributed by atoms with Crippen molar-refractivity contribution < 1.29 is 18.0 Å². The predicted octanol–water partition coefficient (Wildman–Crippen LogP) is 4.88. The van der Waals surface area contributed by atoms with Gasteiger partial charge in [0.15, 0.2) is 11.0 Å². The number of carbonyl (C=O) groups is 2. The number of aryl methyl sites for hydroxylation is 3. The minimum atomic E-state index is -3.62. The number of aromatic nitrogens is 3. The molecule has 1 aromatic heterocycles. The Kier molecular flexibility index (Phi) is 10.4. The predicted molar refractivity (Wildman–Crippen MR) is 169 cm³/mol. The van der Waals surface area contributed by atoms with Gasteiger partial charge in [-0.25, -0.2) is 8.42 Å². The Morgan fingerprint density at radius 1 is 0.907 bits per heavy atom. The van der Waals surface area contributed by atoms with Gasteiger partial charge in [0.05, 0.1) is 17.2 Å². The van der Waals surface area contributed by atoms with Crippen LogP contribution in [0.15, 0.2) is 76.8 Å². The van der Waals surface area contributed by atoms with Crippen molar-refractivity contribution in [2.75, 3.05) is 24.2 Å². The topological polar surface area (TPSA) is 126 Å². The van der Waals surface area contributed by atoms with Crippen molar-refractivity contribution in [3.8, 4) is 5.69 Å². The molecular weight excluding hydrogens is 585 g/mol. The number of nitrogens with zero attached hydrogens (tertiary/aromatic N) is 4. The van der Waals surface area contributed by atoms with Gasteiger partial charge in [-0.2, -0.15) is 4.31 Å². The first kappa shape index (κ1) is 31.9. The largest absolute Gasteiger partial charge is 0.345 e. The van der Waals surface area contributed by atoms with Gasteiger partial charge in [0.1, 0.15) is 0 Å². The molecule has 0 bridgehead atoms. The number of thioether (sulfide) groups is 1. The van der Waals surface area contributed by atoms with Crippen LogP contribution in [0, 0.1) is 20.8 Å². The minimum Gasteiger partial charge on any atom is -0.345 e. The van der Waals surface area contributed by atoms with Crippen LogP contribution in [0.1, 0.15) is 46.7 Å². The van der Waals surface area contributed by atoms with E-state index in [-0.39, 0.29) is 29.0 Å². The normalized spacial score (nSPS) is 11.5. The molecule has 0 spiro atoms. The number of sulfonamides is 1.